The van der Waals surface area contributed by atoms with Crippen LogP contribution in [0.5, 0.6) is 0 Å². The monoisotopic (exact) mass is 331 g/mol. The van der Waals surface area contributed by atoms with Crippen molar-refractivity contribution in [3.8, 4) is 0 Å². The van der Waals surface area contributed by atoms with Crippen molar-refractivity contribution in [3.63, 3.8) is 0 Å². The molecule has 20 heavy (non-hydrogen) atoms. The highest BCUT2D eigenvalue weighted by molar-refractivity contribution is 9.10. The van der Waals surface area contributed by atoms with E-state index in [0.29, 0.717) is 6.04 Å². The van der Waals surface area contributed by atoms with Crippen molar-refractivity contribution in [2.24, 2.45) is 0 Å². The van der Waals surface area contributed by atoms with Crippen LogP contribution in [-0.2, 0) is 6.54 Å². The molecule has 0 aliphatic heterocycles. The summed E-state index contributed by atoms with van der Waals surface area (Å²) in [5, 5.41) is 3.62. The van der Waals surface area contributed by atoms with Gasteiger partial charge in [-0.05, 0) is 62.1 Å². The SMILES string of the molecule is Cc1cc(C)c(CN[C@@H](C)c2ccc(Br)cc2)c(C)c1. The van der Waals surface area contributed by atoms with Crippen LogP contribution in [0.3, 0.4) is 0 Å². The molecule has 0 aromatic heterocycles. The summed E-state index contributed by atoms with van der Waals surface area (Å²) in [7, 11) is 0. The third-order valence-electron chi connectivity index (χ3n) is 3.80. The molecule has 0 fully saturated rings. The van der Waals surface area contributed by atoms with Gasteiger partial charge in [-0.25, -0.2) is 0 Å². The van der Waals surface area contributed by atoms with Gasteiger partial charge in [-0.2, -0.15) is 0 Å². The summed E-state index contributed by atoms with van der Waals surface area (Å²) >= 11 is 3.48. The van der Waals surface area contributed by atoms with Gasteiger partial charge >= 0.3 is 0 Å². The summed E-state index contributed by atoms with van der Waals surface area (Å²) < 4.78 is 1.12. The van der Waals surface area contributed by atoms with Crippen molar-refractivity contribution in [3.05, 3.63) is 68.7 Å². The first-order valence-electron chi connectivity index (χ1n) is 7.03. The molecule has 1 nitrogen and oxygen atoms in total. The third kappa shape index (κ3) is 3.71. The minimum absolute atomic E-state index is 0.350. The fourth-order valence-electron chi connectivity index (χ4n) is 2.61. The highest BCUT2D eigenvalue weighted by Crippen LogP contribution is 2.20. The van der Waals surface area contributed by atoms with Gasteiger partial charge < -0.3 is 5.32 Å². The molecule has 0 radical (unpaired) electrons. The van der Waals surface area contributed by atoms with Crippen LogP contribution in [0.2, 0.25) is 0 Å². The second-order valence-electron chi connectivity index (χ2n) is 5.53. The summed E-state index contributed by atoms with van der Waals surface area (Å²) in [6.07, 6.45) is 0. The van der Waals surface area contributed by atoms with Gasteiger partial charge in [-0.1, -0.05) is 45.8 Å². The summed E-state index contributed by atoms with van der Waals surface area (Å²) in [6, 6.07) is 13.4. The maximum absolute atomic E-state index is 3.62. The maximum Gasteiger partial charge on any atom is 0.0294 e. The van der Waals surface area contributed by atoms with Gasteiger partial charge in [0.25, 0.3) is 0 Å². The zero-order valence-electron chi connectivity index (χ0n) is 12.6. The number of rotatable bonds is 4. The van der Waals surface area contributed by atoms with Crippen LogP contribution in [0.15, 0.2) is 40.9 Å². The van der Waals surface area contributed by atoms with Crippen molar-refractivity contribution < 1.29 is 0 Å². The van der Waals surface area contributed by atoms with Crippen LogP contribution < -0.4 is 5.32 Å². The van der Waals surface area contributed by atoms with E-state index in [4.69, 9.17) is 0 Å². The molecule has 2 rings (SSSR count). The van der Waals surface area contributed by atoms with Gasteiger partial charge in [-0.3, -0.25) is 0 Å². The second-order valence-corrected chi connectivity index (χ2v) is 6.45. The van der Waals surface area contributed by atoms with E-state index in [2.05, 4.69) is 85.3 Å². The Hall–Kier alpha value is -1.12. The average molecular weight is 332 g/mol. The van der Waals surface area contributed by atoms with E-state index in [0.717, 1.165) is 11.0 Å². The number of nitrogens with one attached hydrogen (secondary N) is 1. The van der Waals surface area contributed by atoms with Gasteiger partial charge in [0.2, 0.25) is 0 Å². The Morgan fingerprint density at radius 2 is 1.55 bits per heavy atom. The molecule has 0 aliphatic rings. The molecule has 0 amide bonds. The van der Waals surface area contributed by atoms with Crippen molar-refractivity contribution in [2.75, 3.05) is 0 Å². The predicted octanol–water partition coefficient (Wildman–Crippen LogP) is 5.23. The van der Waals surface area contributed by atoms with Crippen LogP contribution in [0.1, 0.15) is 40.8 Å². The Balaban J connectivity index is 2.07. The predicted molar refractivity (Wildman–Crippen MR) is 90.0 cm³/mol. The van der Waals surface area contributed by atoms with E-state index in [1.165, 1.54) is 27.8 Å². The van der Waals surface area contributed by atoms with Crippen molar-refractivity contribution in [1.82, 2.24) is 5.32 Å². The molecular weight excluding hydrogens is 310 g/mol. The van der Waals surface area contributed by atoms with E-state index in [1.807, 2.05) is 0 Å². The van der Waals surface area contributed by atoms with Gasteiger partial charge in [0, 0.05) is 17.1 Å². The Morgan fingerprint density at radius 1 is 1.00 bits per heavy atom. The average Bonchev–Trinajstić information content (AvgIpc) is 2.38. The van der Waals surface area contributed by atoms with Crippen LogP contribution >= 0.6 is 15.9 Å². The number of benzene rings is 2. The molecule has 106 valence electrons. The van der Waals surface area contributed by atoms with Crippen molar-refractivity contribution in [1.29, 1.82) is 0 Å². The first kappa shape index (κ1) is 15.3. The molecule has 0 unspecified atom stereocenters. The van der Waals surface area contributed by atoms with E-state index in [1.54, 1.807) is 0 Å². The van der Waals surface area contributed by atoms with Crippen molar-refractivity contribution in [2.45, 2.75) is 40.3 Å². The lowest BCUT2D eigenvalue weighted by molar-refractivity contribution is 0.572. The van der Waals surface area contributed by atoms with Gasteiger partial charge in [0.1, 0.15) is 0 Å². The third-order valence-corrected chi connectivity index (χ3v) is 4.32. The topological polar surface area (TPSA) is 12.0 Å². The number of aryl methyl sites for hydroxylation is 3. The summed E-state index contributed by atoms with van der Waals surface area (Å²) in [5.41, 5.74) is 6.82. The molecule has 2 aromatic rings. The fraction of sp³-hybridized carbons (Fsp3) is 0.333. The highest BCUT2D eigenvalue weighted by atomic mass is 79.9. The number of halogens is 1. The Kier molecular flexibility index (Phi) is 5.00. The molecule has 0 aliphatic carbocycles. The smallest absolute Gasteiger partial charge is 0.0294 e. The number of hydrogen-bond donors (Lipinski definition) is 1. The molecule has 0 spiro atoms. The minimum Gasteiger partial charge on any atom is -0.306 e. The lowest BCUT2D eigenvalue weighted by Gasteiger charge is -2.17. The van der Waals surface area contributed by atoms with Crippen LogP contribution in [-0.4, -0.2) is 0 Å². The molecule has 2 heteroatoms. The van der Waals surface area contributed by atoms with Crippen LogP contribution in [0.25, 0.3) is 0 Å². The van der Waals surface area contributed by atoms with E-state index >= 15 is 0 Å². The Labute approximate surface area is 130 Å². The fourth-order valence-corrected chi connectivity index (χ4v) is 2.88. The van der Waals surface area contributed by atoms with Gasteiger partial charge in [0.05, 0.1) is 0 Å². The minimum atomic E-state index is 0.350. The van der Waals surface area contributed by atoms with Crippen LogP contribution in [0.4, 0.5) is 0 Å². The normalized spacial score (nSPS) is 12.4. The second kappa shape index (κ2) is 6.55. The summed E-state index contributed by atoms with van der Waals surface area (Å²) in [5.74, 6) is 0. The lowest BCUT2D eigenvalue weighted by Crippen LogP contribution is -2.19. The zero-order valence-corrected chi connectivity index (χ0v) is 14.2. The molecule has 1 N–H and O–H groups in total. The molecular formula is C18H22BrN. The number of hydrogen-bond acceptors (Lipinski definition) is 1. The van der Waals surface area contributed by atoms with Gasteiger partial charge in [0.15, 0.2) is 0 Å². The Morgan fingerprint density at radius 3 is 2.10 bits per heavy atom. The molecule has 0 saturated heterocycles. The van der Waals surface area contributed by atoms with Crippen LogP contribution in [0, 0.1) is 20.8 Å². The maximum atomic E-state index is 3.62. The molecule has 0 heterocycles. The first-order chi connectivity index (χ1) is 9.47. The lowest BCUT2D eigenvalue weighted by atomic mass is 9.99. The molecule has 2 aromatic carbocycles. The molecule has 0 saturated carbocycles. The van der Waals surface area contributed by atoms with Gasteiger partial charge in [-0.15, -0.1) is 0 Å². The largest absolute Gasteiger partial charge is 0.306 e. The highest BCUT2D eigenvalue weighted by Gasteiger charge is 2.08. The van der Waals surface area contributed by atoms with E-state index < -0.39 is 0 Å². The summed E-state index contributed by atoms with van der Waals surface area (Å²) in [6.45, 7) is 9.67. The Bertz CT molecular complexity index is 564. The first-order valence-corrected chi connectivity index (χ1v) is 7.82. The molecule has 0 bridgehead atoms. The van der Waals surface area contributed by atoms with E-state index in [-0.39, 0.29) is 0 Å². The van der Waals surface area contributed by atoms with Crippen molar-refractivity contribution >= 4 is 15.9 Å². The standard InChI is InChI=1S/C18H22BrN/c1-12-9-13(2)18(14(3)10-12)11-20-15(4)16-5-7-17(19)8-6-16/h5-10,15,20H,11H2,1-4H3/t15-/m0/s1. The zero-order chi connectivity index (χ0) is 14.7. The quantitative estimate of drug-likeness (QED) is 0.809. The summed E-state index contributed by atoms with van der Waals surface area (Å²) in [4.78, 5) is 0. The molecule has 1 atom stereocenters. The van der Waals surface area contributed by atoms with E-state index in [9.17, 15) is 0 Å².